The van der Waals surface area contributed by atoms with Gasteiger partial charge in [0.1, 0.15) is 6.07 Å². The SMILES string of the molecule is CC(C[CH]C(=O)N[C@H]1CCCN(S(=O)(=O)c2ccccc2C#N)CC1=O)C(N)=O. The summed E-state index contributed by atoms with van der Waals surface area (Å²) in [4.78, 5) is 35.5. The number of nitrogens with one attached hydrogen (secondary N) is 1. The molecule has 1 radical (unpaired) electrons. The van der Waals surface area contributed by atoms with Gasteiger partial charge >= 0.3 is 0 Å². The highest BCUT2D eigenvalue weighted by molar-refractivity contribution is 7.89. The smallest absolute Gasteiger partial charge is 0.244 e. The second-order valence-corrected chi connectivity index (χ2v) is 8.77. The largest absolute Gasteiger partial charge is 0.369 e. The van der Waals surface area contributed by atoms with Gasteiger partial charge in [-0.25, -0.2) is 8.42 Å². The topological polar surface area (TPSA) is 150 Å². The molecule has 2 amide bonds. The predicted molar refractivity (Wildman–Crippen MR) is 103 cm³/mol. The van der Waals surface area contributed by atoms with Crippen LogP contribution < -0.4 is 11.1 Å². The molecule has 0 aliphatic carbocycles. The van der Waals surface area contributed by atoms with Crippen LogP contribution in [-0.4, -0.2) is 49.5 Å². The van der Waals surface area contributed by atoms with E-state index >= 15 is 0 Å². The van der Waals surface area contributed by atoms with Gasteiger partial charge in [0.15, 0.2) is 5.78 Å². The molecule has 2 atom stereocenters. The average molecular weight is 419 g/mol. The summed E-state index contributed by atoms with van der Waals surface area (Å²) >= 11 is 0. The maximum absolute atomic E-state index is 12.9. The van der Waals surface area contributed by atoms with E-state index in [4.69, 9.17) is 5.73 Å². The van der Waals surface area contributed by atoms with Gasteiger partial charge < -0.3 is 11.1 Å². The van der Waals surface area contributed by atoms with Crippen LogP contribution in [0.1, 0.15) is 31.7 Å². The fourth-order valence-electron chi connectivity index (χ4n) is 2.91. The van der Waals surface area contributed by atoms with Crippen LogP contribution in [0.4, 0.5) is 0 Å². The molecule has 1 unspecified atom stereocenters. The van der Waals surface area contributed by atoms with Gasteiger partial charge in [-0.1, -0.05) is 19.1 Å². The fraction of sp³-hybridized carbons (Fsp3) is 0.421. The van der Waals surface area contributed by atoms with Crippen molar-refractivity contribution in [3.05, 3.63) is 36.2 Å². The standard InChI is InChI=1S/C19H23N4O5S/c1-13(19(21)26)8-9-18(25)22-15-6-4-10-23(12-16(15)24)29(27,28)17-7-3-2-5-14(17)11-20/h2-3,5,7,9,13,15H,4,6,8,10,12H2,1H3,(H2,21,26)(H,22,25)/t13?,15-/m0/s1. The van der Waals surface area contributed by atoms with Gasteiger partial charge in [0.25, 0.3) is 0 Å². The third kappa shape index (κ3) is 5.62. The van der Waals surface area contributed by atoms with Gasteiger partial charge in [-0.15, -0.1) is 0 Å². The van der Waals surface area contributed by atoms with Crippen molar-refractivity contribution < 1.29 is 22.8 Å². The molecule has 0 aromatic heterocycles. The van der Waals surface area contributed by atoms with Crippen molar-refractivity contribution >= 4 is 27.6 Å². The molecule has 29 heavy (non-hydrogen) atoms. The number of nitrogens with zero attached hydrogens (tertiary/aromatic N) is 2. The molecule has 1 fully saturated rings. The molecule has 2 rings (SSSR count). The van der Waals surface area contributed by atoms with Crippen molar-refractivity contribution in [2.45, 2.75) is 37.1 Å². The minimum Gasteiger partial charge on any atom is -0.369 e. The molecule has 1 saturated heterocycles. The van der Waals surface area contributed by atoms with Crippen LogP contribution >= 0.6 is 0 Å². The Morgan fingerprint density at radius 1 is 1.41 bits per heavy atom. The molecule has 9 nitrogen and oxygen atoms in total. The lowest BCUT2D eigenvalue weighted by Gasteiger charge is -2.20. The zero-order valence-electron chi connectivity index (χ0n) is 16.0. The van der Waals surface area contributed by atoms with E-state index in [0.29, 0.717) is 6.42 Å². The van der Waals surface area contributed by atoms with E-state index in [1.54, 1.807) is 13.0 Å². The van der Waals surface area contributed by atoms with Crippen molar-refractivity contribution in [1.82, 2.24) is 9.62 Å². The maximum Gasteiger partial charge on any atom is 0.244 e. The first-order chi connectivity index (χ1) is 13.7. The Morgan fingerprint density at radius 2 is 2.10 bits per heavy atom. The minimum atomic E-state index is -4.03. The van der Waals surface area contributed by atoms with Crippen LogP contribution in [0.15, 0.2) is 29.2 Å². The van der Waals surface area contributed by atoms with Crippen molar-refractivity contribution in [3.63, 3.8) is 0 Å². The Bertz CT molecular complexity index is 938. The van der Waals surface area contributed by atoms with E-state index in [0.717, 1.165) is 4.31 Å². The predicted octanol–water partition coefficient (Wildman–Crippen LogP) is 0.112. The summed E-state index contributed by atoms with van der Waals surface area (Å²) in [5, 5.41) is 11.7. The molecule has 1 aliphatic heterocycles. The number of Topliss-reactive ketones (excluding diaryl/α,β-unsaturated/α-hetero) is 1. The van der Waals surface area contributed by atoms with Gasteiger partial charge in [0.2, 0.25) is 21.8 Å². The number of hydrogen-bond donors (Lipinski definition) is 2. The first-order valence-electron chi connectivity index (χ1n) is 9.11. The molecule has 1 aromatic carbocycles. The summed E-state index contributed by atoms with van der Waals surface area (Å²) in [6.45, 7) is 1.29. The molecule has 1 aliphatic rings. The molecule has 0 spiro atoms. The number of primary amides is 1. The number of hydrogen-bond acceptors (Lipinski definition) is 6. The molecule has 1 heterocycles. The Kier molecular flexibility index (Phi) is 7.47. The highest BCUT2D eigenvalue weighted by atomic mass is 32.2. The number of amides is 2. The summed E-state index contributed by atoms with van der Waals surface area (Å²) in [5.41, 5.74) is 5.15. The van der Waals surface area contributed by atoms with Crippen LogP contribution in [0.5, 0.6) is 0 Å². The number of nitriles is 1. The molecule has 1 aromatic rings. The van der Waals surface area contributed by atoms with Crippen molar-refractivity contribution in [1.29, 1.82) is 5.26 Å². The average Bonchev–Trinajstić information content (AvgIpc) is 2.88. The van der Waals surface area contributed by atoms with Gasteiger partial charge in [0, 0.05) is 12.5 Å². The van der Waals surface area contributed by atoms with Gasteiger partial charge in [-0.2, -0.15) is 9.57 Å². The summed E-state index contributed by atoms with van der Waals surface area (Å²) in [5.74, 6) is -1.99. The molecule has 0 saturated carbocycles. The van der Waals surface area contributed by atoms with Crippen LogP contribution in [0.3, 0.4) is 0 Å². The second-order valence-electron chi connectivity index (χ2n) is 6.86. The first-order valence-corrected chi connectivity index (χ1v) is 10.6. The zero-order valence-corrected chi connectivity index (χ0v) is 16.8. The molecule has 3 N–H and O–H groups in total. The van der Waals surface area contributed by atoms with Crippen molar-refractivity contribution in [2.24, 2.45) is 11.7 Å². The number of carbonyl (C=O) groups excluding carboxylic acids is 3. The lowest BCUT2D eigenvalue weighted by Crippen LogP contribution is -2.44. The third-order valence-electron chi connectivity index (χ3n) is 4.71. The number of rotatable bonds is 7. The Balaban J connectivity index is 2.06. The van der Waals surface area contributed by atoms with Gasteiger partial charge in [-0.05, 0) is 31.4 Å². The van der Waals surface area contributed by atoms with Crippen LogP contribution in [0.25, 0.3) is 0 Å². The lowest BCUT2D eigenvalue weighted by molar-refractivity contribution is -0.126. The van der Waals surface area contributed by atoms with E-state index < -0.39 is 46.1 Å². The van der Waals surface area contributed by atoms with E-state index in [-0.39, 0.29) is 29.8 Å². The molecular weight excluding hydrogens is 396 g/mol. The molecule has 0 bridgehead atoms. The highest BCUT2D eigenvalue weighted by Gasteiger charge is 2.34. The highest BCUT2D eigenvalue weighted by Crippen LogP contribution is 2.22. The maximum atomic E-state index is 12.9. The molecular formula is C19H23N4O5S. The first kappa shape index (κ1) is 22.5. The molecule has 10 heteroatoms. The van der Waals surface area contributed by atoms with E-state index in [1.165, 1.54) is 24.6 Å². The number of benzene rings is 1. The van der Waals surface area contributed by atoms with E-state index in [9.17, 15) is 28.1 Å². The van der Waals surface area contributed by atoms with Crippen LogP contribution in [-0.2, 0) is 24.4 Å². The van der Waals surface area contributed by atoms with Crippen molar-refractivity contribution in [3.8, 4) is 6.07 Å². The summed E-state index contributed by atoms with van der Waals surface area (Å²) in [7, 11) is -4.03. The van der Waals surface area contributed by atoms with Gasteiger partial charge in [0.05, 0.1) is 29.5 Å². The minimum absolute atomic E-state index is 0.00668. The van der Waals surface area contributed by atoms with E-state index in [2.05, 4.69) is 5.32 Å². The van der Waals surface area contributed by atoms with Crippen LogP contribution in [0, 0.1) is 23.7 Å². The molecule has 155 valence electrons. The third-order valence-corrected chi connectivity index (χ3v) is 6.61. The summed E-state index contributed by atoms with van der Waals surface area (Å²) < 4.78 is 26.9. The summed E-state index contributed by atoms with van der Waals surface area (Å²) in [6, 6.07) is 6.83. The number of sulfonamides is 1. The van der Waals surface area contributed by atoms with Crippen molar-refractivity contribution in [2.75, 3.05) is 13.1 Å². The monoisotopic (exact) mass is 419 g/mol. The number of nitrogens with two attached hydrogens (primary N) is 1. The number of carbonyl (C=O) groups is 3. The van der Waals surface area contributed by atoms with Crippen LogP contribution in [0.2, 0.25) is 0 Å². The number of ketones is 1. The quantitative estimate of drug-likeness (QED) is 0.640. The van der Waals surface area contributed by atoms with E-state index in [1.807, 2.05) is 6.07 Å². The second kappa shape index (κ2) is 9.62. The Hall–Kier alpha value is -2.77. The fourth-order valence-corrected chi connectivity index (χ4v) is 4.49. The zero-order chi connectivity index (χ0) is 21.6. The summed E-state index contributed by atoms with van der Waals surface area (Å²) in [6.07, 6.45) is 2.05. The van der Waals surface area contributed by atoms with Gasteiger partial charge in [-0.3, -0.25) is 14.4 Å². The Labute approximate surface area is 169 Å². The normalized spacial score (nSPS) is 19.0. The Morgan fingerprint density at radius 3 is 2.76 bits per heavy atom. The lowest BCUT2D eigenvalue weighted by atomic mass is 10.0.